The van der Waals surface area contributed by atoms with Gasteiger partial charge in [0.2, 0.25) is 5.91 Å². The van der Waals surface area contributed by atoms with Crippen molar-refractivity contribution in [3.05, 3.63) is 57.1 Å². The number of methoxy groups -OCH3 is 1. The van der Waals surface area contributed by atoms with Crippen molar-refractivity contribution in [2.24, 2.45) is 5.92 Å². The molecule has 0 radical (unpaired) electrons. The molecule has 0 atom stereocenters. The maximum absolute atomic E-state index is 12.6. The van der Waals surface area contributed by atoms with Crippen LogP contribution in [0.4, 0.5) is 17.1 Å². The van der Waals surface area contributed by atoms with Crippen LogP contribution in [-0.2, 0) is 4.79 Å². The molecule has 170 valence electrons. The van der Waals surface area contributed by atoms with E-state index in [1.54, 1.807) is 12.1 Å². The molecular formula is C22H25ClN4O5. The smallest absolute Gasteiger partial charge is 0.311 e. The van der Waals surface area contributed by atoms with Gasteiger partial charge in [-0.15, -0.1) is 0 Å². The molecule has 0 saturated carbocycles. The molecule has 0 bridgehead atoms. The molecule has 1 heterocycles. The molecule has 0 spiro atoms. The summed E-state index contributed by atoms with van der Waals surface area (Å²) >= 11 is 6.47. The predicted octanol–water partition coefficient (Wildman–Crippen LogP) is 3.81. The SMILES string of the molecule is COc1ccc(C(=O)Nc2ccc(N3CCN(C(=O)C(C)C)CC3)c(Cl)c2)cc1[N+](=O)[O-]. The summed E-state index contributed by atoms with van der Waals surface area (Å²) in [6.45, 7) is 6.37. The molecule has 2 aromatic carbocycles. The van der Waals surface area contributed by atoms with Crippen molar-refractivity contribution in [3.8, 4) is 5.75 Å². The lowest BCUT2D eigenvalue weighted by Crippen LogP contribution is -2.50. The molecule has 0 unspecified atom stereocenters. The lowest BCUT2D eigenvalue weighted by molar-refractivity contribution is -0.385. The summed E-state index contributed by atoms with van der Waals surface area (Å²) in [5.41, 5.74) is 1.13. The number of hydrogen-bond donors (Lipinski definition) is 1. The minimum atomic E-state index is -0.601. The van der Waals surface area contributed by atoms with Crippen molar-refractivity contribution in [1.82, 2.24) is 4.90 Å². The van der Waals surface area contributed by atoms with E-state index in [0.29, 0.717) is 36.9 Å². The zero-order valence-corrected chi connectivity index (χ0v) is 18.9. The molecule has 3 rings (SSSR count). The molecule has 0 aromatic heterocycles. The number of carbonyl (C=O) groups is 2. The molecule has 32 heavy (non-hydrogen) atoms. The van der Waals surface area contributed by atoms with E-state index in [4.69, 9.17) is 16.3 Å². The number of piperazine rings is 1. The lowest BCUT2D eigenvalue weighted by atomic mass is 10.1. The minimum Gasteiger partial charge on any atom is -0.490 e. The number of rotatable bonds is 6. The molecule has 1 N–H and O–H groups in total. The van der Waals surface area contributed by atoms with Crippen LogP contribution in [0, 0.1) is 16.0 Å². The highest BCUT2D eigenvalue weighted by atomic mass is 35.5. The molecular weight excluding hydrogens is 436 g/mol. The first-order valence-electron chi connectivity index (χ1n) is 10.2. The molecule has 10 heteroatoms. The molecule has 1 aliphatic rings. The fraction of sp³-hybridized carbons (Fsp3) is 0.364. The number of halogens is 1. The second kappa shape index (κ2) is 9.86. The van der Waals surface area contributed by atoms with Crippen LogP contribution in [0.15, 0.2) is 36.4 Å². The number of amides is 2. The van der Waals surface area contributed by atoms with E-state index in [9.17, 15) is 19.7 Å². The number of nitro groups is 1. The van der Waals surface area contributed by atoms with Crippen LogP contribution in [0.3, 0.4) is 0 Å². The van der Waals surface area contributed by atoms with Gasteiger partial charge in [0.1, 0.15) is 0 Å². The van der Waals surface area contributed by atoms with Crippen molar-refractivity contribution < 1.29 is 19.2 Å². The molecule has 2 aromatic rings. The van der Waals surface area contributed by atoms with Crippen LogP contribution >= 0.6 is 11.6 Å². The van der Waals surface area contributed by atoms with Crippen LogP contribution in [0.1, 0.15) is 24.2 Å². The van der Waals surface area contributed by atoms with Gasteiger partial charge in [-0.1, -0.05) is 25.4 Å². The van der Waals surface area contributed by atoms with Crippen molar-refractivity contribution in [2.75, 3.05) is 43.5 Å². The highest BCUT2D eigenvalue weighted by molar-refractivity contribution is 6.33. The van der Waals surface area contributed by atoms with Crippen molar-refractivity contribution in [1.29, 1.82) is 0 Å². The van der Waals surface area contributed by atoms with E-state index >= 15 is 0 Å². The Bertz CT molecular complexity index is 1030. The quantitative estimate of drug-likeness (QED) is 0.519. The monoisotopic (exact) mass is 460 g/mol. The maximum Gasteiger partial charge on any atom is 0.311 e. The van der Waals surface area contributed by atoms with Gasteiger partial charge >= 0.3 is 5.69 Å². The van der Waals surface area contributed by atoms with Crippen molar-refractivity contribution >= 4 is 40.5 Å². The van der Waals surface area contributed by atoms with Crippen LogP contribution < -0.4 is 15.0 Å². The third-order valence-electron chi connectivity index (χ3n) is 5.27. The normalized spacial score (nSPS) is 13.8. The fourth-order valence-corrected chi connectivity index (χ4v) is 3.85. The van der Waals surface area contributed by atoms with Gasteiger partial charge in [0.05, 0.1) is 22.7 Å². The Hall–Kier alpha value is -3.33. The second-order valence-electron chi connectivity index (χ2n) is 7.73. The summed E-state index contributed by atoms with van der Waals surface area (Å²) in [7, 11) is 1.33. The number of carbonyl (C=O) groups excluding carboxylic acids is 2. The molecule has 0 aliphatic carbocycles. The molecule has 1 aliphatic heterocycles. The Balaban J connectivity index is 1.68. The van der Waals surface area contributed by atoms with Crippen LogP contribution in [0.25, 0.3) is 0 Å². The van der Waals surface area contributed by atoms with Crippen molar-refractivity contribution in [3.63, 3.8) is 0 Å². The van der Waals surface area contributed by atoms with E-state index < -0.39 is 10.8 Å². The van der Waals surface area contributed by atoms with Gasteiger partial charge in [-0.2, -0.15) is 0 Å². The van der Waals surface area contributed by atoms with Gasteiger partial charge in [0, 0.05) is 49.4 Å². The lowest BCUT2D eigenvalue weighted by Gasteiger charge is -2.37. The maximum atomic E-state index is 12.6. The third-order valence-corrected chi connectivity index (χ3v) is 5.57. The van der Waals surface area contributed by atoms with E-state index in [2.05, 4.69) is 10.2 Å². The van der Waals surface area contributed by atoms with Crippen LogP contribution in [0.5, 0.6) is 5.75 Å². The molecule has 1 fully saturated rings. The first kappa shape index (κ1) is 23.3. The topological polar surface area (TPSA) is 105 Å². The first-order chi connectivity index (χ1) is 15.2. The number of hydrogen-bond acceptors (Lipinski definition) is 6. The van der Waals surface area contributed by atoms with E-state index in [1.807, 2.05) is 24.8 Å². The number of nitro benzene ring substituents is 1. The zero-order valence-electron chi connectivity index (χ0n) is 18.1. The highest BCUT2D eigenvalue weighted by Crippen LogP contribution is 2.31. The van der Waals surface area contributed by atoms with Crippen molar-refractivity contribution in [2.45, 2.75) is 13.8 Å². The van der Waals surface area contributed by atoms with Gasteiger partial charge in [-0.3, -0.25) is 19.7 Å². The fourth-order valence-electron chi connectivity index (χ4n) is 3.55. The van der Waals surface area contributed by atoms with Gasteiger partial charge in [0.25, 0.3) is 5.91 Å². The first-order valence-corrected chi connectivity index (χ1v) is 10.6. The number of ether oxygens (including phenoxy) is 1. The number of benzene rings is 2. The van der Waals surface area contributed by atoms with Crippen LogP contribution in [-0.4, -0.2) is 54.9 Å². The Labute approximate surface area is 191 Å². The number of nitrogens with zero attached hydrogens (tertiary/aromatic N) is 3. The van der Waals surface area contributed by atoms with E-state index in [-0.39, 0.29) is 28.8 Å². The minimum absolute atomic E-state index is 0.0276. The van der Waals surface area contributed by atoms with Gasteiger partial charge in [-0.05, 0) is 30.3 Å². The second-order valence-corrected chi connectivity index (χ2v) is 8.14. The largest absolute Gasteiger partial charge is 0.490 e. The van der Waals surface area contributed by atoms with Gasteiger partial charge in [0.15, 0.2) is 5.75 Å². The number of nitrogens with one attached hydrogen (secondary N) is 1. The Morgan fingerprint density at radius 2 is 1.81 bits per heavy atom. The predicted molar refractivity (Wildman–Crippen MR) is 123 cm³/mol. The van der Waals surface area contributed by atoms with E-state index in [1.165, 1.54) is 25.3 Å². The summed E-state index contributed by atoms with van der Waals surface area (Å²) in [6.07, 6.45) is 0. The van der Waals surface area contributed by atoms with Gasteiger partial charge in [-0.25, -0.2) is 0 Å². The Kier molecular flexibility index (Phi) is 7.19. The molecule has 9 nitrogen and oxygen atoms in total. The van der Waals surface area contributed by atoms with Gasteiger partial charge < -0.3 is 19.9 Å². The summed E-state index contributed by atoms with van der Waals surface area (Å²) < 4.78 is 4.96. The average molecular weight is 461 g/mol. The average Bonchev–Trinajstić information content (AvgIpc) is 2.78. The number of anilines is 2. The van der Waals surface area contributed by atoms with Crippen LogP contribution in [0.2, 0.25) is 5.02 Å². The summed E-state index contributed by atoms with van der Waals surface area (Å²) in [4.78, 5) is 39.3. The molecule has 2 amide bonds. The summed E-state index contributed by atoms with van der Waals surface area (Å²) in [6, 6.07) is 9.18. The zero-order chi connectivity index (χ0) is 23.4. The Morgan fingerprint density at radius 1 is 1.12 bits per heavy atom. The molecule has 1 saturated heterocycles. The summed E-state index contributed by atoms with van der Waals surface area (Å²) in [5.74, 6) is -0.303. The Morgan fingerprint density at radius 3 is 2.38 bits per heavy atom. The highest BCUT2D eigenvalue weighted by Gasteiger charge is 2.24. The van der Waals surface area contributed by atoms with E-state index in [0.717, 1.165) is 5.69 Å². The summed E-state index contributed by atoms with van der Waals surface area (Å²) in [5, 5.41) is 14.4. The standard InChI is InChI=1S/C22H25ClN4O5/c1-14(2)22(29)26-10-8-25(9-11-26)18-6-5-16(13-17(18)23)24-21(28)15-4-7-20(32-3)19(12-15)27(30)31/h4-7,12-14H,8-11H2,1-3H3,(H,24,28). The third kappa shape index (κ3) is 5.11.